The van der Waals surface area contributed by atoms with Crippen molar-refractivity contribution < 1.29 is 72.9 Å². The number of carbonyl (C=O) groups excluding carboxylic acids is 5. The van der Waals surface area contributed by atoms with Gasteiger partial charge in [0.2, 0.25) is 17.7 Å². The molecule has 5 rings (SSSR count). The van der Waals surface area contributed by atoms with Crippen molar-refractivity contribution in [2.24, 2.45) is 5.41 Å². The summed E-state index contributed by atoms with van der Waals surface area (Å²) in [7, 11) is 0. The van der Waals surface area contributed by atoms with Gasteiger partial charge in [-0.25, -0.2) is 14.0 Å². The molecule has 2 aliphatic rings. The van der Waals surface area contributed by atoms with E-state index in [1.54, 1.807) is 51.3 Å². The van der Waals surface area contributed by atoms with Crippen molar-refractivity contribution in [3.8, 4) is 11.5 Å². The lowest BCUT2D eigenvalue weighted by molar-refractivity contribution is -0.139. The van der Waals surface area contributed by atoms with Crippen molar-refractivity contribution in [1.82, 2.24) is 31.1 Å². The maximum absolute atomic E-state index is 14.0. The number of carbonyl (C=O) groups is 6. The van der Waals surface area contributed by atoms with Crippen molar-refractivity contribution in [3.63, 3.8) is 0 Å². The fraction of sp³-hybridized carbons (Fsp3) is 0.489. The van der Waals surface area contributed by atoms with Gasteiger partial charge in [0.1, 0.15) is 59.7 Å². The molecule has 1 saturated carbocycles. The first-order chi connectivity index (χ1) is 32.0. The highest BCUT2D eigenvalue weighted by molar-refractivity contribution is 7.10. The van der Waals surface area contributed by atoms with E-state index in [-0.39, 0.29) is 37.6 Å². The summed E-state index contributed by atoms with van der Waals surface area (Å²) in [6.45, 7) is 6.03. The number of piperidine rings is 1. The van der Waals surface area contributed by atoms with Gasteiger partial charge in [0, 0.05) is 39.4 Å². The van der Waals surface area contributed by atoms with E-state index >= 15 is 0 Å². The summed E-state index contributed by atoms with van der Waals surface area (Å²) >= 11 is 1.25. The lowest BCUT2D eigenvalue weighted by Crippen LogP contribution is -2.51. The second-order valence-electron chi connectivity index (χ2n) is 17.7. The fourth-order valence-corrected chi connectivity index (χ4v) is 8.38. The normalized spacial score (nSPS) is 19.5. The van der Waals surface area contributed by atoms with Gasteiger partial charge in [0.25, 0.3) is 5.91 Å². The third kappa shape index (κ3) is 14.4. The van der Waals surface area contributed by atoms with Crippen LogP contribution in [0.15, 0.2) is 60.0 Å². The number of benzene rings is 2. The van der Waals surface area contributed by atoms with Crippen LogP contribution in [0.2, 0.25) is 0 Å². The number of likely N-dealkylation sites (tertiary alicyclic amines) is 1. The maximum atomic E-state index is 14.0. The number of ether oxygens (including phenoxy) is 3. The first-order valence-corrected chi connectivity index (χ1v) is 22.5. The van der Waals surface area contributed by atoms with Crippen LogP contribution >= 0.6 is 11.3 Å². The number of hydrogen-bond donors (Lipinski definition) is 10. The van der Waals surface area contributed by atoms with Crippen LogP contribution in [-0.2, 0) is 23.9 Å². The van der Waals surface area contributed by atoms with Crippen molar-refractivity contribution in [2.75, 3.05) is 39.4 Å². The summed E-state index contributed by atoms with van der Waals surface area (Å²) in [6, 6.07) is 11.1. The molecule has 2 aromatic carbocycles. The summed E-state index contributed by atoms with van der Waals surface area (Å²) < 4.78 is 30.1. The SMILES string of the molecule is CC(NC(=O)[C@@H]1C[C@]2(COCCNC(=O)CN(CC(O)C(O)C(O)C(C)O)C(=O)O)C[C@@H]2N1C(=O)CNC(=O)c1ccc(Oc2ccc(F)cc2)cc1)c1cc(C(=N)NC(=O)OC(C)(C)C)cs1. The molecule has 1 aliphatic heterocycles. The summed E-state index contributed by atoms with van der Waals surface area (Å²) in [5, 5.41) is 69.5. The molecule has 3 aromatic rings. The van der Waals surface area contributed by atoms with Crippen molar-refractivity contribution >= 4 is 53.0 Å². The number of nitrogens with zero attached hydrogens (tertiary/aromatic N) is 2. The van der Waals surface area contributed by atoms with Gasteiger partial charge in [-0.15, -0.1) is 11.3 Å². The molecular weight excluding hydrogens is 914 g/mol. The minimum absolute atomic E-state index is 0.0423. The number of rotatable bonds is 21. The molecule has 1 saturated heterocycles. The van der Waals surface area contributed by atoms with E-state index in [0.29, 0.717) is 33.3 Å². The zero-order chi connectivity index (χ0) is 50.1. The van der Waals surface area contributed by atoms with E-state index in [1.165, 1.54) is 59.6 Å². The Bertz CT molecular complexity index is 2290. The van der Waals surface area contributed by atoms with Crippen LogP contribution in [0.5, 0.6) is 11.5 Å². The second kappa shape index (κ2) is 22.7. The molecule has 2 fully saturated rings. The van der Waals surface area contributed by atoms with E-state index in [1.807, 2.05) is 0 Å². The van der Waals surface area contributed by atoms with E-state index in [0.717, 1.165) is 0 Å². The average molecular weight is 972 g/mol. The number of carboxylic acid groups (broad SMARTS) is 1. The van der Waals surface area contributed by atoms with Gasteiger partial charge in [0.15, 0.2) is 0 Å². The van der Waals surface area contributed by atoms with Crippen molar-refractivity contribution in [1.29, 1.82) is 5.41 Å². The number of aliphatic hydroxyl groups excluding tert-OH is 4. The Morgan fingerprint density at radius 2 is 1.59 bits per heavy atom. The van der Waals surface area contributed by atoms with E-state index in [2.05, 4.69) is 21.3 Å². The predicted molar refractivity (Wildman–Crippen MR) is 242 cm³/mol. The summed E-state index contributed by atoms with van der Waals surface area (Å²) in [4.78, 5) is 80.4. The van der Waals surface area contributed by atoms with Crippen LogP contribution in [0.4, 0.5) is 14.0 Å². The lowest BCUT2D eigenvalue weighted by Gasteiger charge is -2.28. The van der Waals surface area contributed by atoms with Gasteiger partial charge in [-0.1, -0.05) is 0 Å². The van der Waals surface area contributed by atoms with Gasteiger partial charge in [-0.3, -0.25) is 34.8 Å². The van der Waals surface area contributed by atoms with Gasteiger partial charge in [-0.2, -0.15) is 0 Å². The number of thiophene rings is 1. The lowest BCUT2D eigenvalue weighted by atomic mass is 10.00. The highest BCUT2D eigenvalue weighted by Crippen LogP contribution is 2.59. The van der Waals surface area contributed by atoms with Crippen LogP contribution in [0.1, 0.15) is 74.3 Å². The molecular formula is C45H58FN7O14S. The second-order valence-corrected chi connectivity index (χ2v) is 18.6. The third-order valence-electron chi connectivity index (χ3n) is 11.1. The molecule has 68 heavy (non-hydrogen) atoms. The Hall–Kier alpha value is -6.24. The first kappa shape index (κ1) is 52.7. The number of fused-ring (bicyclic) bond motifs is 1. The highest BCUT2D eigenvalue weighted by Gasteiger charge is 2.67. The Balaban J connectivity index is 1.19. The molecule has 0 radical (unpaired) electrons. The molecule has 0 bridgehead atoms. The molecule has 0 spiro atoms. The molecule has 23 heteroatoms. The summed E-state index contributed by atoms with van der Waals surface area (Å²) in [6.07, 6.45) is -8.59. The van der Waals surface area contributed by atoms with E-state index in [4.69, 9.17) is 19.6 Å². The maximum Gasteiger partial charge on any atom is 0.413 e. The number of aliphatic hydroxyl groups is 4. The summed E-state index contributed by atoms with van der Waals surface area (Å²) in [5.74, 6) is -2.18. The minimum Gasteiger partial charge on any atom is -0.465 e. The fourth-order valence-electron chi connectivity index (χ4n) is 7.48. The predicted octanol–water partition coefficient (Wildman–Crippen LogP) is 2.07. The number of nitrogens with one attached hydrogen (secondary N) is 5. The van der Waals surface area contributed by atoms with Crippen LogP contribution in [0, 0.1) is 16.6 Å². The number of amidine groups is 1. The van der Waals surface area contributed by atoms with E-state index in [9.17, 15) is 58.7 Å². The smallest absolute Gasteiger partial charge is 0.413 e. The molecule has 2 heterocycles. The average Bonchev–Trinajstić information content (AvgIpc) is 3.56. The van der Waals surface area contributed by atoms with Gasteiger partial charge < -0.3 is 60.6 Å². The van der Waals surface area contributed by atoms with Crippen LogP contribution in [0.25, 0.3) is 0 Å². The number of alkyl carbamates (subject to hydrolysis) is 1. The van der Waals surface area contributed by atoms with Gasteiger partial charge >= 0.3 is 12.2 Å². The third-order valence-corrected chi connectivity index (χ3v) is 12.2. The standard InChI is InChI=1S/C45H58FN7O14S/c1-24(33-16-27(22-68-33)39(47)51-42(62)67-44(3,4)5)50-41(61)31-17-45(23-65-15-14-48-35(56)21-52(43(63)64)20-32(55)38(59)37(58)25(2)54)18-34(45)53(31)36(57)19-49-40(60)26-6-10-29(11-7-26)66-30-12-8-28(46)9-13-30/h6-13,16,22,24-25,31-32,34,37-38,54-55,58-59H,14-15,17-21,23H2,1-5H3,(H,48,56)(H,49,60)(H,50,61)(H,63,64)(H2,47,51,62)/t24?,25?,31-,32?,34-,37?,38?,45+/m0/s1. The molecule has 1 aromatic heterocycles. The Labute approximate surface area is 395 Å². The minimum atomic E-state index is -1.89. The van der Waals surface area contributed by atoms with Crippen LogP contribution < -0.4 is 26.0 Å². The molecule has 8 atom stereocenters. The molecule has 10 N–H and O–H groups in total. The Kier molecular flexibility index (Phi) is 17.6. The van der Waals surface area contributed by atoms with Gasteiger partial charge in [-0.05, 0) is 102 Å². The Morgan fingerprint density at radius 3 is 2.21 bits per heavy atom. The van der Waals surface area contributed by atoms with Crippen molar-refractivity contribution in [2.45, 2.75) is 95.6 Å². The number of halogens is 1. The summed E-state index contributed by atoms with van der Waals surface area (Å²) in [5.41, 5.74) is -0.817. The van der Waals surface area contributed by atoms with Crippen LogP contribution in [0.3, 0.4) is 0 Å². The van der Waals surface area contributed by atoms with Crippen LogP contribution in [-0.4, -0.2) is 158 Å². The quantitative estimate of drug-likeness (QED) is 0.0416. The Morgan fingerprint density at radius 1 is 0.941 bits per heavy atom. The largest absolute Gasteiger partial charge is 0.465 e. The molecule has 6 amide bonds. The van der Waals surface area contributed by atoms with E-state index < -0.39 is 115 Å². The molecule has 370 valence electrons. The van der Waals surface area contributed by atoms with Gasteiger partial charge in [0.05, 0.1) is 38.4 Å². The molecule has 1 aliphatic carbocycles. The number of hydrogen-bond acceptors (Lipinski definition) is 15. The highest BCUT2D eigenvalue weighted by atomic mass is 32.1. The zero-order valence-corrected chi connectivity index (χ0v) is 38.9. The molecule has 21 nitrogen and oxygen atoms in total. The monoisotopic (exact) mass is 971 g/mol. The zero-order valence-electron chi connectivity index (χ0n) is 38.1. The molecule has 5 unspecified atom stereocenters. The number of amides is 6. The van der Waals surface area contributed by atoms with Crippen molar-refractivity contribution in [3.05, 3.63) is 81.8 Å². The first-order valence-electron chi connectivity index (χ1n) is 21.6. The topological polar surface area (TPSA) is 310 Å².